The number of nitrogens with one attached hydrogen (secondary N) is 1. The molecule has 2 heterocycles. The fraction of sp³-hybridized carbons (Fsp3) is 0.357. The third-order valence-corrected chi connectivity index (χ3v) is 3.15. The van der Waals surface area contributed by atoms with Gasteiger partial charge in [0.15, 0.2) is 0 Å². The van der Waals surface area contributed by atoms with Crippen molar-refractivity contribution in [2.45, 2.75) is 39.0 Å². The first-order valence-corrected chi connectivity index (χ1v) is 6.95. The van der Waals surface area contributed by atoms with E-state index in [9.17, 15) is 14.0 Å². The van der Waals surface area contributed by atoms with Gasteiger partial charge in [0.1, 0.15) is 5.82 Å². The predicted octanol–water partition coefficient (Wildman–Crippen LogP) is 2.38. The molecule has 21 heavy (non-hydrogen) atoms. The van der Waals surface area contributed by atoms with Gasteiger partial charge in [0.25, 0.3) is 5.56 Å². The number of hydrogen-bond acceptors (Lipinski definition) is 4. The van der Waals surface area contributed by atoms with Crippen LogP contribution in [0.1, 0.15) is 31.5 Å². The van der Waals surface area contributed by atoms with Gasteiger partial charge in [-0.15, -0.1) is 12.6 Å². The van der Waals surface area contributed by atoms with Crippen molar-refractivity contribution in [1.29, 1.82) is 0 Å². The molecule has 0 aliphatic rings. The number of H-pyrrole nitrogens is 1. The van der Waals surface area contributed by atoms with Crippen LogP contribution in [0.3, 0.4) is 0 Å². The maximum Gasteiger partial charge on any atom is 0.333 e. The largest absolute Gasteiger partial charge is 0.333 e. The Kier molecular flexibility index (Phi) is 5.90. The first kappa shape index (κ1) is 17.2. The Hall–Kier alpha value is -1.89. The van der Waals surface area contributed by atoms with E-state index in [1.165, 1.54) is 19.5 Å². The van der Waals surface area contributed by atoms with Gasteiger partial charge in [0, 0.05) is 11.3 Å². The molecule has 0 aliphatic carbocycles. The lowest BCUT2D eigenvalue weighted by atomic mass is 10.2. The Morgan fingerprint density at radius 2 is 1.86 bits per heavy atom. The number of aryl methyl sites for hydroxylation is 1. The van der Waals surface area contributed by atoms with Crippen molar-refractivity contribution in [2.75, 3.05) is 0 Å². The van der Waals surface area contributed by atoms with Crippen LogP contribution in [-0.2, 0) is 0 Å². The minimum absolute atomic E-state index is 0.108. The van der Waals surface area contributed by atoms with Crippen molar-refractivity contribution < 1.29 is 4.39 Å². The second-order valence-corrected chi connectivity index (χ2v) is 4.96. The maximum atomic E-state index is 13.4. The minimum Gasteiger partial charge on any atom is -0.310 e. The van der Waals surface area contributed by atoms with Crippen LogP contribution in [0.4, 0.5) is 4.39 Å². The summed E-state index contributed by atoms with van der Waals surface area (Å²) in [5.41, 5.74) is -0.599. The van der Waals surface area contributed by atoms with E-state index in [2.05, 4.69) is 36.4 Å². The smallest absolute Gasteiger partial charge is 0.310 e. The summed E-state index contributed by atoms with van der Waals surface area (Å²) in [7, 11) is 0. The van der Waals surface area contributed by atoms with Gasteiger partial charge in [-0.05, 0) is 13.8 Å². The summed E-state index contributed by atoms with van der Waals surface area (Å²) in [6.45, 7) is 7.28. The van der Waals surface area contributed by atoms with Crippen LogP contribution >= 0.6 is 12.6 Å². The topological polar surface area (TPSA) is 67.8 Å². The van der Waals surface area contributed by atoms with E-state index in [-0.39, 0.29) is 16.1 Å². The van der Waals surface area contributed by atoms with Crippen LogP contribution < -0.4 is 11.2 Å². The molecule has 0 aromatic carbocycles. The lowest BCUT2D eigenvalue weighted by Crippen LogP contribution is -2.35. The summed E-state index contributed by atoms with van der Waals surface area (Å²) in [4.78, 5) is 30.0. The molecule has 0 aliphatic heterocycles. The van der Waals surface area contributed by atoms with Crippen molar-refractivity contribution in [3.8, 4) is 5.69 Å². The third kappa shape index (κ3) is 3.60. The Morgan fingerprint density at radius 1 is 1.29 bits per heavy atom. The van der Waals surface area contributed by atoms with Crippen molar-refractivity contribution in [2.24, 2.45) is 0 Å². The van der Waals surface area contributed by atoms with Crippen molar-refractivity contribution in [3.05, 3.63) is 50.3 Å². The summed E-state index contributed by atoms with van der Waals surface area (Å²) in [5.74, 6) is -0.583. The number of aromatic nitrogens is 3. The second-order valence-electron chi connectivity index (χ2n) is 4.52. The molecule has 0 fully saturated rings. The molecule has 2 aromatic rings. The van der Waals surface area contributed by atoms with Crippen molar-refractivity contribution >= 4 is 12.6 Å². The van der Waals surface area contributed by atoms with Crippen LogP contribution in [0.5, 0.6) is 0 Å². The molecule has 0 spiro atoms. The van der Waals surface area contributed by atoms with Crippen molar-refractivity contribution in [1.82, 2.24) is 14.5 Å². The zero-order valence-electron chi connectivity index (χ0n) is 12.4. The zero-order valence-corrected chi connectivity index (χ0v) is 13.3. The highest BCUT2D eigenvalue weighted by molar-refractivity contribution is 7.80. The van der Waals surface area contributed by atoms with E-state index in [1.807, 2.05) is 0 Å². The van der Waals surface area contributed by atoms with E-state index in [1.54, 1.807) is 6.92 Å². The molecular formula is C14H18FN3O2S. The molecule has 2 aromatic heterocycles. The second kappa shape index (κ2) is 7.21. The van der Waals surface area contributed by atoms with Crippen LogP contribution in [0.2, 0.25) is 0 Å². The monoisotopic (exact) mass is 311 g/mol. The highest BCUT2D eigenvalue weighted by atomic mass is 32.1. The summed E-state index contributed by atoms with van der Waals surface area (Å²) >= 11 is 4.02. The number of pyridine rings is 1. The number of halogens is 1. The van der Waals surface area contributed by atoms with Crippen molar-refractivity contribution in [3.63, 3.8) is 0 Å². The normalized spacial score (nSPS) is 10.0. The van der Waals surface area contributed by atoms with E-state index in [0.717, 1.165) is 10.8 Å². The Labute approximate surface area is 127 Å². The number of nitrogens with zero attached hydrogens (tertiary/aromatic N) is 2. The molecule has 0 amide bonds. The number of hydrogen-bond donors (Lipinski definition) is 2. The third-order valence-electron chi connectivity index (χ3n) is 2.63. The quantitative estimate of drug-likeness (QED) is 0.795. The van der Waals surface area contributed by atoms with Gasteiger partial charge in [-0.2, -0.15) is 0 Å². The molecule has 0 saturated carbocycles. The van der Waals surface area contributed by atoms with Crippen LogP contribution in [-0.4, -0.2) is 14.5 Å². The molecule has 7 heteroatoms. The van der Waals surface area contributed by atoms with Crippen LogP contribution in [0, 0.1) is 19.7 Å². The molecule has 0 unspecified atom stereocenters. The minimum atomic E-state index is -0.647. The number of rotatable bonds is 1. The fourth-order valence-electron chi connectivity index (χ4n) is 1.57. The van der Waals surface area contributed by atoms with E-state index in [0.29, 0.717) is 5.69 Å². The lowest BCUT2D eigenvalue weighted by Gasteiger charge is -2.09. The molecule has 0 atom stereocenters. The Morgan fingerprint density at radius 3 is 2.43 bits per heavy atom. The highest BCUT2D eigenvalue weighted by Gasteiger charge is 2.14. The first-order valence-electron chi connectivity index (χ1n) is 6.50. The van der Waals surface area contributed by atoms with Gasteiger partial charge < -0.3 is 4.98 Å². The first-order chi connectivity index (χ1) is 9.84. The molecule has 2 rings (SSSR count). The standard InChI is InChI=1S/C11H10FN3O2S.C3H8/c1-5-7(12)3-13-4-8(5)15-10(16)9(18)6(2)14-11(15)17;1-3-2/h3-4,18H,1-2H3,(H,14,17);3H2,1-2H3. The van der Waals surface area contributed by atoms with Crippen LogP contribution in [0.15, 0.2) is 26.9 Å². The van der Waals surface area contributed by atoms with Crippen LogP contribution in [0.25, 0.3) is 5.69 Å². The predicted molar refractivity (Wildman–Crippen MR) is 83.1 cm³/mol. The molecular weight excluding hydrogens is 293 g/mol. The summed E-state index contributed by atoms with van der Waals surface area (Å²) in [5, 5.41) is 0. The summed E-state index contributed by atoms with van der Waals surface area (Å²) < 4.78 is 14.2. The summed E-state index contributed by atoms with van der Waals surface area (Å²) in [6.07, 6.45) is 3.53. The maximum absolute atomic E-state index is 13.4. The molecule has 0 radical (unpaired) electrons. The average Bonchev–Trinajstić information content (AvgIpc) is 2.42. The zero-order chi connectivity index (χ0) is 16.2. The van der Waals surface area contributed by atoms with Gasteiger partial charge in [-0.3, -0.25) is 9.78 Å². The van der Waals surface area contributed by atoms with Gasteiger partial charge >= 0.3 is 5.69 Å². The molecule has 0 saturated heterocycles. The van der Waals surface area contributed by atoms with E-state index >= 15 is 0 Å². The SMILES string of the molecule is CCC.Cc1[nH]c(=O)n(-c2cncc(F)c2C)c(=O)c1S. The van der Waals surface area contributed by atoms with Gasteiger partial charge in [0.05, 0.1) is 23.0 Å². The molecule has 0 bridgehead atoms. The number of aromatic amines is 1. The van der Waals surface area contributed by atoms with Gasteiger partial charge in [-0.25, -0.2) is 13.8 Å². The van der Waals surface area contributed by atoms with Gasteiger partial charge in [0.2, 0.25) is 0 Å². The highest BCUT2D eigenvalue weighted by Crippen LogP contribution is 2.13. The molecule has 1 N–H and O–H groups in total. The Bertz CT molecular complexity index is 753. The molecule has 114 valence electrons. The van der Waals surface area contributed by atoms with E-state index < -0.39 is 17.1 Å². The number of thiol groups is 1. The lowest BCUT2D eigenvalue weighted by molar-refractivity contribution is 0.608. The average molecular weight is 311 g/mol. The van der Waals surface area contributed by atoms with E-state index in [4.69, 9.17) is 0 Å². The summed E-state index contributed by atoms with van der Waals surface area (Å²) in [6, 6.07) is 0. The fourth-order valence-corrected chi connectivity index (χ4v) is 1.72. The van der Waals surface area contributed by atoms with Gasteiger partial charge in [-0.1, -0.05) is 20.3 Å². The Balaban J connectivity index is 0.000000677. The molecule has 5 nitrogen and oxygen atoms in total.